The molecule has 2 amide bonds. The van der Waals surface area contributed by atoms with E-state index in [0.717, 1.165) is 22.9 Å². The van der Waals surface area contributed by atoms with Crippen molar-refractivity contribution in [2.75, 3.05) is 17.2 Å². The zero-order valence-corrected chi connectivity index (χ0v) is 14.8. The summed E-state index contributed by atoms with van der Waals surface area (Å²) in [6.07, 6.45) is 0. The number of nitrogens with two attached hydrogens (primary N) is 1. The molecule has 25 heavy (non-hydrogen) atoms. The van der Waals surface area contributed by atoms with Gasteiger partial charge in [0, 0.05) is 5.69 Å². The van der Waals surface area contributed by atoms with Gasteiger partial charge in [-0.1, -0.05) is 12.1 Å². The molecule has 0 saturated carbocycles. The third-order valence-corrected chi connectivity index (χ3v) is 4.88. The van der Waals surface area contributed by atoms with Crippen molar-refractivity contribution in [2.24, 2.45) is 0 Å². The Morgan fingerprint density at radius 2 is 1.88 bits per heavy atom. The SMILES string of the molecule is CCOc1ccc(N2C(=O)S/C(=C(/C)c3cccc(N)c3)C2=O)cc1. The number of hydrogen-bond donors (Lipinski definition) is 1. The maximum absolute atomic E-state index is 12.8. The van der Waals surface area contributed by atoms with Crippen LogP contribution in [-0.2, 0) is 4.79 Å². The summed E-state index contributed by atoms with van der Waals surface area (Å²) in [6, 6.07) is 14.2. The van der Waals surface area contributed by atoms with Crippen molar-refractivity contribution < 1.29 is 14.3 Å². The molecule has 0 atom stereocenters. The molecular weight excluding hydrogens is 336 g/mol. The number of imide groups is 1. The van der Waals surface area contributed by atoms with E-state index in [1.807, 2.05) is 26.0 Å². The van der Waals surface area contributed by atoms with Crippen molar-refractivity contribution in [3.8, 4) is 5.75 Å². The van der Waals surface area contributed by atoms with Crippen molar-refractivity contribution in [3.05, 3.63) is 59.0 Å². The Kier molecular flexibility index (Phi) is 4.81. The molecule has 3 rings (SSSR count). The number of amides is 2. The molecule has 0 unspecified atom stereocenters. The molecule has 2 aromatic carbocycles. The van der Waals surface area contributed by atoms with Crippen molar-refractivity contribution in [1.82, 2.24) is 0 Å². The lowest BCUT2D eigenvalue weighted by Crippen LogP contribution is -2.27. The third kappa shape index (κ3) is 3.39. The topological polar surface area (TPSA) is 72.6 Å². The first kappa shape index (κ1) is 17.1. The third-order valence-electron chi connectivity index (χ3n) is 3.84. The van der Waals surface area contributed by atoms with Crippen LogP contribution in [-0.4, -0.2) is 17.8 Å². The summed E-state index contributed by atoms with van der Waals surface area (Å²) in [6.45, 7) is 4.28. The Balaban J connectivity index is 1.93. The minimum absolute atomic E-state index is 0.313. The van der Waals surface area contributed by atoms with E-state index in [9.17, 15) is 9.59 Å². The Hall–Kier alpha value is -2.73. The zero-order chi connectivity index (χ0) is 18.0. The van der Waals surface area contributed by atoms with Gasteiger partial charge in [0.25, 0.3) is 11.1 Å². The maximum Gasteiger partial charge on any atom is 0.298 e. The molecule has 1 aliphatic rings. The molecule has 6 heteroatoms. The molecule has 2 N–H and O–H groups in total. The van der Waals surface area contributed by atoms with E-state index in [0.29, 0.717) is 28.6 Å². The highest BCUT2D eigenvalue weighted by Gasteiger charge is 2.37. The second-order valence-electron chi connectivity index (χ2n) is 5.52. The van der Waals surface area contributed by atoms with Gasteiger partial charge in [-0.25, -0.2) is 4.90 Å². The summed E-state index contributed by atoms with van der Waals surface area (Å²) >= 11 is 0.945. The van der Waals surface area contributed by atoms with Crippen LogP contribution in [0.1, 0.15) is 19.4 Å². The van der Waals surface area contributed by atoms with Crippen LogP contribution in [0.25, 0.3) is 5.57 Å². The predicted octanol–water partition coefficient (Wildman–Crippen LogP) is 4.30. The normalized spacial score (nSPS) is 16.3. The summed E-state index contributed by atoms with van der Waals surface area (Å²) < 4.78 is 5.39. The van der Waals surface area contributed by atoms with Crippen LogP contribution in [0.5, 0.6) is 5.75 Å². The van der Waals surface area contributed by atoms with Gasteiger partial charge in [-0.3, -0.25) is 9.59 Å². The van der Waals surface area contributed by atoms with Gasteiger partial charge in [0.1, 0.15) is 5.75 Å². The molecule has 0 radical (unpaired) electrons. The van der Waals surface area contributed by atoms with Crippen LogP contribution in [0.4, 0.5) is 16.2 Å². The fourth-order valence-corrected chi connectivity index (χ4v) is 3.49. The number of thioether (sulfide) groups is 1. The molecule has 1 heterocycles. The fraction of sp³-hybridized carbons (Fsp3) is 0.158. The highest BCUT2D eigenvalue weighted by molar-refractivity contribution is 8.19. The average Bonchev–Trinajstić information content (AvgIpc) is 2.90. The van der Waals surface area contributed by atoms with Crippen molar-refractivity contribution in [3.63, 3.8) is 0 Å². The van der Waals surface area contributed by atoms with E-state index < -0.39 is 0 Å². The van der Waals surface area contributed by atoms with E-state index in [4.69, 9.17) is 10.5 Å². The Morgan fingerprint density at radius 1 is 1.16 bits per heavy atom. The number of anilines is 2. The minimum atomic E-state index is -0.320. The number of allylic oxidation sites excluding steroid dienone is 1. The number of rotatable bonds is 4. The lowest BCUT2D eigenvalue weighted by molar-refractivity contribution is -0.113. The van der Waals surface area contributed by atoms with Gasteiger partial charge in [0.15, 0.2) is 0 Å². The van der Waals surface area contributed by atoms with Crippen LogP contribution in [0.3, 0.4) is 0 Å². The van der Waals surface area contributed by atoms with Gasteiger partial charge in [-0.2, -0.15) is 0 Å². The highest BCUT2D eigenvalue weighted by Crippen LogP contribution is 2.39. The fourth-order valence-electron chi connectivity index (χ4n) is 2.58. The molecule has 2 aromatic rings. The number of carbonyl (C=O) groups is 2. The quantitative estimate of drug-likeness (QED) is 0.655. The largest absolute Gasteiger partial charge is 0.494 e. The van der Waals surface area contributed by atoms with Crippen LogP contribution in [0, 0.1) is 0 Å². The zero-order valence-electron chi connectivity index (χ0n) is 14.0. The Labute approximate surface area is 150 Å². The summed E-state index contributed by atoms with van der Waals surface area (Å²) in [5, 5.41) is -0.313. The molecule has 0 bridgehead atoms. The van der Waals surface area contributed by atoms with Crippen LogP contribution in [0.2, 0.25) is 0 Å². The van der Waals surface area contributed by atoms with E-state index in [2.05, 4.69) is 0 Å². The van der Waals surface area contributed by atoms with Crippen molar-refractivity contribution in [1.29, 1.82) is 0 Å². The molecule has 0 aromatic heterocycles. The number of nitrogens with zero attached hydrogens (tertiary/aromatic N) is 1. The van der Waals surface area contributed by atoms with E-state index in [1.165, 1.54) is 4.90 Å². The second-order valence-corrected chi connectivity index (χ2v) is 6.48. The van der Waals surface area contributed by atoms with Crippen LogP contribution in [0.15, 0.2) is 53.4 Å². The number of nitrogen functional groups attached to an aromatic ring is 1. The monoisotopic (exact) mass is 354 g/mol. The van der Waals surface area contributed by atoms with Crippen molar-refractivity contribution >= 4 is 39.9 Å². The first-order chi connectivity index (χ1) is 12.0. The molecular formula is C19H18N2O3S. The van der Waals surface area contributed by atoms with Crippen molar-refractivity contribution in [2.45, 2.75) is 13.8 Å². The molecule has 0 spiro atoms. The number of carbonyl (C=O) groups excluding carboxylic acids is 2. The summed E-state index contributed by atoms with van der Waals surface area (Å²) in [5.74, 6) is 0.379. The van der Waals surface area contributed by atoms with Gasteiger partial charge in [-0.05, 0) is 73.1 Å². The van der Waals surface area contributed by atoms with Gasteiger partial charge in [0.05, 0.1) is 17.2 Å². The number of ether oxygens (including phenoxy) is 1. The first-order valence-corrected chi connectivity index (χ1v) is 8.69. The lowest BCUT2D eigenvalue weighted by atomic mass is 10.1. The smallest absolute Gasteiger partial charge is 0.298 e. The number of hydrogen-bond acceptors (Lipinski definition) is 5. The van der Waals surface area contributed by atoms with Gasteiger partial charge in [0.2, 0.25) is 0 Å². The highest BCUT2D eigenvalue weighted by atomic mass is 32.2. The first-order valence-electron chi connectivity index (χ1n) is 7.87. The average molecular weight is 354 g/mol. The summed E-state index contributed by atoms with van der Waals surface area (Å²) in [4.78, 5) is 26.8. The Morgan fingerprint density at radius 3 is 2.52 bits per heavy atom. The summed E-state index contributed by atoms with van der Waals surface area (Å²) in [5.41, 5.74) is 8.52. The molecule has 1 fully saturated rings. The summed E-state index contributed by atoms with van der Waals surface area (Å²) in [7, 11) is 0. The molecule has 0 aliphatic carbocycles. The molecule has 1 saturated heterocycles. The predicted molar refractivity (Wildman–Crippen MR) is 102 cm³/mol. The minimum Gasteiger partial charge on any atom is -0.494 e. The Bertz CT molecular complexity index is 859. The van der Waals surface area contributed by atoms with E-state index in [-0.39, 0.29) is 11.1 Å². The molecule has 128 valence electrons. The maximum atomic E-state index is 12.8. The van der Waals surface area contributed by atoms with Crippen LogP contribution >= 0.6 is 11.8 Å². The lowest BCUT2D eigenvalue weighted by Gasteiger charge is -2.13. The second kappa shape index (κ2) is 7.03. The van der Waals surface area contributed by atoms with Gasteiger partial charge in [-0.15, -0.1) is 0 Å². The molecule has 1 aliphatic heterocycles. The standard InChI is InChI=1S/C19H18N2O3S/c1-3-24-16-9-7-15(8-10-16)21-18(22)17(25-19(21)23)12(2)13-5-4-6-14(20)11-13/h4-11H,3,20H2,1-2H3/b17-12-. The van der Waals surface area contributed by atoms with Crippen LogP contribution < -0.4 is 15.4 Å². The van der Waals surface area contributed by atoms with E-state index in [1.54, 1.807) is 36.4 Å². The van der Waals surface area contributed by atoms with Gasteiger partial charge < -0.3 is 10.5 Å². The molecule has 5 nitrogen and oxygen atoms in total. The van der Waals surface area contributed by atoms with Gasteiger partial charge >= 0.3 is 0 Å². The van der Waals surface area contributed by atoms with E-state index >= 15 is 0 Å². The number of benzene rings is 2.